The van der Waals surface area contributed by atoms with E-state index in [0.717, 1.165) is 70.6 Å². The van der Waals surface area contributed by atoms with Gasteiger partial charge in [0.1, 0.15) is 48.8 Å². The minimum absolute atomic E-state index is 0.247. The summed E-state index contributed by atoms with van der Waals surface area (Å²) in [5.41, 5.74) is 0. The molecule has 12 atom stereocenters. The molecule has 0 aromatic carbocycles. The summed E-state index contributed by atoms with van der Waals surface area (Å²) in [6.45, 7) is 2.51. The highest BCUT2D eigenvalue weighted by Crippen LogP contribution is 2.30. The average Bonchev–Trinajstić information content (AvgIpc) is 3.45. The number of aliphatic hydroxyl groups is 8. The van der Waals surface area contributed by atoms with Crippen molar-refractivity contribution >= 4 is 5.91 Å². The molecule has 79 heavy (non-hydrogen) atoms. The van der Waals surface area contributed by atoms with Gasteiger partial charge in [0.15, 0.2) is 12.6 Å². The first-order chi connectivity index (χ1) is 38.6. The third-order valence-corrected chi connectivity index (χ3v) is 15.1. The van der Waals surface area contributed by atoms with E-state index in [1.807, 2.05) is 6.08 Å². The number of aliphatic hydroxyl groups excluding tert-OH is 8. The molecule has 0 aromatic rings. The van der Waals surface area contributed by atoms with E-state index >= 15 is 0 Å². The Labute approximate surface area is 478 Å². The summed E-state index contributed by atoms with van der Waals surface area (Å²) in [5.74, 6) is -0.247. The van der Waals surface area contributed by atoms with E-state index in [4.69, 9.17) is 18.9 Å². The third kappa shape index (κ3) is 35.2. The highest BCUT2D eigenvalue weighted by Gasteiger charge is 2.51. The maximum Gasteiger partial charge on any atom is 0.220 e. The largest absolute Gasteiger partial charge is 0.394 e. The fourth-order valence-corrected chi connectivity index (χ4v) is 10.1. The van der Waals surface area contributed by atoms with Crippen LogP contribution in [0.3, 0.4) is 0 Å². The smallest absolute Gasteiger partial charge is 0.220 e. The number of unbranched alkanes of at least 4 members (excludes halogenated alkanes) is 27. The number of carbonyl (C=O) groups excluding carboxylic acids is 1. The lowest BCUT2D eigenvalue weighted by Crippen LogP contribution is -2.65. The zero-order chi connectivity index (χ0) is 57.4. The molecular formula is C65H115NO13. The molecule has 458 valence electrons. The molecule has 9 N–H and O–H groups in total. The molecule has 0 aromatic heterocycles. The molecule has 2 aliphatic rings. The summed E-state index contributed by atoms with van der Waals surface area (Å²) in [6, 6.07) is -0.910. The molecule has 12 unspecified atom stereocenters. The molecule has 2 heterocycles. The number of hydrogen-bond donors (Lipinski definition) is 9. The maximum atomic E-state index is 13.1. The molecule has 14 heteroatoms. The van der Waals surface area contributed by atoms with Gasteiger partial charge in [-0.05, 0) is 57.8 Å². The number of amides is 1. The van der Waals surface area contributed by atoms with Gasteiger partial charge in [-0.15, -0.1) is 0 Å². The van der Waals surface area contributed by atoms with Crippen LogP contribution in [0, 0.1) is 0 Å². The van der Waals surface area contributed by atoms with Gasteiger partial charge in [-0.1, -0.05) is 247 Å². The zero-order valence-corrected chi connectivity index (χ0v) is 49.3. The zero-order valence-electron chi connectivity index (χ0n) is 49.3. The van der Waals surface area contributed by atoms with E-state index in [9.17, 15) is 45.6 Å². The number of ether oxygens (including phenoxy) is 4. The lowest BCUT2D eigenvalue weighted by Gasteiger charge is -2.46. The van der Waals surface area contributed by atoms with Gasteiger partial charge in [0, 0.05) is 6.42 Å². The molecule has 0 radical (unpaired) electrons. The molecule has 2 saturated heterocycles. The molecular weight excluding hydrogens is 1000 g/mol. The van der Waals surface area contributed by atoms with Crippen molar-refractivity contribution in [1.82, 2.24) is 5.32 Å². The summed E-state index contributed by atoms with van der Waals surface area (Å²) in [7, 11) is 0. The lowest BCUT2D eigenvalue weighted by molar-refractivity contribution is -0.359. The Morgan fingerprint density at radius 1 is 0.468 bits per heavy atom. The van der Waals surface area contributed by atoms with E-state index in [1.54, 1.807) is 6.08 Å². The first kappa shape index (κ1) is 72.5. The van der Waals surface area contributed by atoms with Crippen LogP contribution in [0.1, 0.15) is 239 Å². The quantitative estimate of drug-likeness (QED) is 0.0204. The number of carbonyl (C=O) groups is 1. The van der Waals surface area contributed by atoms with Gasteiger partial charge in [0.25, 0.3) is 0 Å². The second-order valence-electron chi connectivity index (χ2n) is 22.2. The highest BCUT2D eigenvalue weighted by atomic mass is 16.7. The van der Waals surface area contributed by atoms with Crippen molar-refractivity contribution in [3.8, 4) is 0 Å². The normalized spacial score (nSPS) is 24.9. The Hall–Kier alpha value is -2.57. The van der Waals surface area contributed by atoms with Crippen LogP contribution < -0.4 is 5.32 Å². The first-order valence-corrected chi connectivity index (χ1v) is 31.7. The third-order valence-electron chi connectivity index (χ3n) is 15.1. The van der Waals surface area contributed by atoms with Crippen LogP contribution in [0.2, 0.25) is 0 Å². The van der Waals surface area contributed by atoms with Crippen LogP contribution in [0.5, 0.6) is 0 Å². The molecule has 0 spiro atoms. The average molecular weight is 1120 g/mol. The second-order valence-corrected chi connectivity index (χ2v) is 22.2. The molecule has 14 nitrogen and oxygen atoms in total. The minimum Gasteiger partial charge on any atom is -0.394 e. The van der Waals surface area contributed by atoms with Crippen LogP contribution in [-0.2, 0) is 23.7 Å². The van der Waals surface area contributed by atoms with Crippen molar-refractivity contribution in [2.75, 3.05) is 19.8 Å². The molecule has 2 aliphatic heterocycles. The lowest BCUT2D eigenvalue weighted by atomic mass is 9.97. The minimum atomic E-state index is -1.79. The van der Waals surface area contributed by atoms with Gasteiger partial charge in [0.05, 0.1) is 32.0 Å². The van der Waals surface area contributed by atoms with Gasteiger partial charge in [-0.2, -0.15) is 0 Å². The van der Waals surface area contributed by atoms with Crippen molar-refractivity contribution in [2.24, 2.45) is 0 Å². The number of rotatable bonds is 50. The van der Waals surface area contributed by atoms with Crippen LogP contribution in [-0.4, -0.2) is 140 Å². The Balaban J connectivity index is 1.44. The van der Waals surface area contributed by atoms with Gasteiger partial charge in [0.2, 0.25) is 5.91 Å². The Kier molecular flexibility index (Phi) is 45.9. The maximum absolute atomic E-state index is 13.1. The first-order valence-electron chi connectivity index (χ1n) is 31.7. The topological polar surface area (TPSA) is 228 Å². The van der Waals surface area contributed by atoms with Crippen LogP contribution >= 0.6 is 0 Å². The number of allylic oxidation sites excluding steroid dienone is 11. The summed E-state index contributed by atoms with van der Waals surface area (Å²) in [5, 5.41) is 86.3. The fraction of sp³-hybridized carbons (Fsp3) is 0.800. The van der Waals surface area contributed by atoms with Crippen LogP contribution in [0.25, 0.3) is 0 Å². The summed E-state index contributed by atoms with van der Waals surface area (Å²) in [6.07, 6.45) is 50.9. The standard InChI is InChI=1S/C65H115NO13/c1-3-5-7-9-10-11-12-13-14-15-16-17-18-19-20-21-22-23-24-25-26-27-28-29-30-31-32-33-34-35-36-37-38-39-40-41-42-43-44-45-47-49-57(70)66-53(54(69)48-46-8-6-4-2)52-76-64-62(75)60(73)63(56(51-68)78-64)79-65-61(74)59(72)58(71)55(50-67)77-65/h5,7,10-11,13-14,16-17,19-20,46,48,53-56,58-65,67-69,71-75H,3-4,6,8-9,12,15,18,21-45,47,49-52H2,1-2H3,(H,66,70)/b7-5-,11-10-,14-13-,17-16-,20-19-,48-46+. The Bertz CT molecular complexity index is 1600. The molecule has 2 fully saturated rings. The molecule has 2 rings (SSSR count). The molecule has 0 saturated carbocycles. The van der Waals surface area contributed by atoms with Crippen molar-refractivity contribution in [2.45, 2.75) is 312 Å². The molecule has 0 bridgehead atoms. The number of nitrogens with one attached hydrogen (secondary N) is 1. The van der Waals surface area contributed by atoms with E-state index in [0.29, 0.717) is 6.42 Å². The van der Waals surface area contributed by atoms with Crippen molar-refractivity contribution in [3.63, 3.8) is 0 Å². The van der Waals surface area contributed by atoms with E-state index in [-0.39, 0.29) is 18.9 Å². The number of hydrogen-bond acceptors (Lipinski definition) is 13. The highest BCUT2D eigenvalue weighted by molar-refractivity contribution is 5.76. The molecule has 1 amide bonds. The van der Waals surface area contributed by atoms with E-state index in [1.165, 1.54) is 141 Å². The summed E-state index contributed by atoms with van der Waals surface area (Å²) in [4.78, 5) is 13.1. The summed E-state index contributed by atoms with van der Waals surface area (Å²) < 4.78 is 22.6. The van der Waals surface area contributed by atoms with Gasteiger partial charge >= 0.3 is 0 Å². The van der Waals surface area contributed by atoms with Crippen molar-refractivity contribution < 1.29 is 64.6 Å². The van der Waals surface area contributed by atoms with Crippen LogP contribution in [0.15, 0.2) is 72.9 Å². The van der Waals surface area contributed by atoms with E-state index in [2.05, 4.69) is 79.9 Å². The SMILES string of the molecule is CC/C=C\C/C=C\C/C=C\C/C=C\C/C=C\CCCCCCCCCCCCCCCCCCCCCCCCCCCC(=O)NC(COC1OC(CO)C(OC2OC(CO)C(O)C(O)C2O)C(O)C1O)C(O)/C=C/CCCC. The van der Waals surface area contributed by atoms with Crippen molar-refractivity contribution in [1.29, 1.82) is 0 Å². The van der Waals surface area contributed by atoms with Gasteiger partial charge < -0.3 is 65.1 Å². The predicted molar refractivity (Wildman–Crippen MR) is 318 cm³/mol. The summed E-state index contributed by atoms with van der Waals surface area (Å²) >= 11 is 0. The van der Waals surface area contributed by atoms with Gasteiger partial charge in [-0.25, -0.2) is 0 Å². The van der Waals surface area contributed by atoms with Crippen molar-refractivity contribution in [3.05, 3.63) is 72.9 Å². The Morgan fingerprint density at radius 3 is 1.33 bits per heavy atom. The Morgan fingerprint density at radius 2 is 0.873 bits per heavy atom. The fourth-order valence-electron chi connectivity index (χ4n) is 10.1. The second kappa shape index (κ2) is 50.0. The monoisotopic (exact) mass is 1120 g/mol. The van der Waals surface area contributed by atoms with E-state index < -0.39 is 86.8 Å². The molecule has 0 aliphatic carbocycles. The predicted octanol–water partition coefficient (Wildman–Crippen LogP) is 11.5. The van der Waals surface area contributed by atoms with Crippen LogP contribution in [0.4, 0.5) is 0 Å². The van der Waals surface area contributed by atoms with Gasteiger partial charge in [-0.3, -0.25) is 4.79 Å².